The predicted octanol–water partition coefficient (Wildman–Crippen LogP) is 2.37. The van der Waals surface area contributed by atoms with Crippen LogP contribution in [0.4, 0.5) is 0 Å². The van der Waals surface area contributed by atoms with E-state index in [1.54, 1.807) is 7.05 Å². The fraction of sp³-hybridized carbons (Fsp3) is 0.348. The smallest absolute Gasteiger partial charge is 0.336 e. The first-order chi connectivity index (χ1) is 14.5. The first-order valence-corrected chi connectivity index (χ1v) is 10.2. The van der Waals surface area contributed by atoms with Gasteiger partial charge in [-0.15, -0.1) is 0 Å². The molecule has 1 aliphatic heterocycles. The molecule has 0 bridgehead atoms. The molecule has 0 saturated heterocycles. The topological polar surface area (TPSA) is 86.6 Å². The van der Waals surface area contributed by atoms with Crippen LogP contribution in [0.15, 0.2) is 47.3 Å². The Labute approximate surface area is 174 Å². The number of aromatic nitrogens is 1. The van der Waals surface area contributed by atoms with Crippen molar-refractivity contribution in [2.75, 3.05) is 6.54 Å². The van der Waals surface area contributed by atoms with Crippen molar-refractivity contribution in [3.63, 3.8) is 0 Å². The molecule has 156 valence electrons. The zero-order chi connectivity index (χ0) is 21.1. The fourth-order valence-electron chi connectivity index (χ4n) is 4.10. The molecule has 4 rings (SSSR count). The first-order valence-electron chi connectivity index (χ1n) is 10.2. The molecule has 0 spiro atoms. The monoisotopic (exact) mass is 408 g/mol. The number of hydrogen-bond acceptors (Lipinski definition) is 6. The zero-order valence-electron chi connectivity index (χ0n) is 16.8. The lowest BCUT2D eigenvalue weighted by atomic mass is 9.89. The van der Waals surface area contributed by atoms with Gasteiger partial charge in [-0.1, -0.05) is 30.3 Å². The molecule has 7 nitrogen and oxygen atoms in total. The van der Waals surface area contributed by atoms with Gasteiger partial charge >= 0.3 is 11.9 Å². The lowest BCUT2D eigenvalue weighted by Crippen LogP contribution is -2.34. The van der Waals surface area contributed by atoms with Gasteiger partial charge in [-0.3, -0.25) is 4.79 Å². The number of ether oxygens (including phenoxy) is 2. The van der Waals surface area contributed by atoms with Gasteiger partial charge in [0.25, 0.3) is 5.56 Å². The maximum Gasteiger partial charge on any atom is 0.336 e. The Morgan fingerprint density at radius 2 is 1.73 bits per heavy atom. The van der Waals surface area contributed by atoms with Gasteiger partial charge in [0.05, 0.1) is 0 Å². The number of nitrogens with zero attached hydrogens (tertiary/aromatic N) is 1. The van der Waals surface area contributed by atoms with E-state index in [4.69, 9.17) is 9.47 Å². The summed E-state index contributed by atoms with van der Waals surface area (Å²) in [6.07, 6.45) is 6.31. The molecule has 0 amide bonds. The van der Waals surface area contributed by atoms with Crippen molar-refractivity contribution in [1.82, 2.24) is 9.88 Å². The van der Waals surface area contributed by atoms with E-state index in [9.17, 15) is 14.4 Å². The highest BCUT2D eigenvalue weighted by Crippen LogP contribution is 2.40. The summed E-state index contributed by atoms with van der Waals surface area (Å²) in [6.45, 7) is 0.768. The summed E-state index contributed by atoms with van der Waals surface area (Å²) >= 11 is 0. The van der Waals surface area contributed by atoms with Gasteiger partial charge in [0.2, 0.25) is 5.75 Å². The number of fused-ring (bicyclic) bond motifs is 3. The largest absolute Gasteiger partial charge is 0.419 e. The van der Waals surface area contributed by atoms with E-state index in [2.05, 4.69) is 17.4 Å². The van der Waals surface area contributed by atoms with Crippen molar-refractivity contribution >= 4 is 11.9 Å². The Morgan fingerprint density at radius 3 is 2.47 bits per heavy atom. The van der Waals surface area contributed by atoms with Crippen molar-refractivity contribution < 1.29 is 19.1 Å². The molecule has 0 saturated carbocycles. The zero-order valence-corrected chi connectivity index (χ0v) is 16.8. The van der Waals surface area contributed by atoms with Crippen LogP contribution in [0.5, 0.6) is 11.5 Å². The normalized spacial score (nSPS) is 19.0. The summed E-state index contributed by atoms with van der Waals surface area (Å²) in [7, 11) is 1.66. The average Bonchev–Trinajstić information content (AvgIpc) is 2.75. The molecule has 2 aromatic rings. The minimum atomic E-state index is -0.770. The minimum Gasteiger partial charge on any atom is -0.419 e. The van der Waals surface area contributed by atoms with Crippen molar-refractivity contribution in [2.45, 2.75) is 38.1 Å². The summed E-state index contributed by atoms with van der Waals surface area (Å²) in [5.41, 5.74) is 2.34. The Hall–Kier alpha value is -3.19. The predicted molar refractivity (Wildman–Crippen MR) is 111 cm³/mol. The highest BCUT2D eigenvalue weighted by molar-refractivity contribution is 5.95. The van der Waals surface area contributed by atoms with Gasteiger partial charge in [-0.05, 0) is 44.2 Å². The van der Waals surface area contributed by atoms with Gasteiger partial charge in [0, 0.05) is 36.5 Å². The first kappa shape index (κ1) is 20.1. The SMILES string of the molecule is Cn1c2c(c3c(c1=O)OC(=O)/C=C/C(=O)O3)C(NCCCc1ccccc1)CCC2. The van der Waals surface area contributed by atoms with Gasteiger partial charge in [0.1, 0.15) is 0 Å². The number of carbonyl (C=O) groups is 2. The van der Waals surface area contributed by atoms with E-state index in [0.29, 0.717) is 6.42 Å². The number of aryl methyl sites for hydroxylation is 1. The van der Waals surface area contributed by atoms with E-state index in [1.807, 2.05) is 18.2 Å². The molecule has 1 N–H and O–H groups in total. The minimum absolute atomic E-state index is 0.0658. The van der Waals surface area contributed by atoms with Gasteiger partial charge < -0.3 is 19.4 Å². The molecule has 0 fully saturated rings. The van der Waals surface area contributed by atoms with Crippen LogP contribution < -0.4 is 20.3 Å². The number of rotatable bonds is 5. The summed E-state index contributed by atoms with van der Waals surface area (Å²) in [5.74, 6) is -1.63. The van der Waals surface area contributed by atoms with Crippen LogP contribution in [0.2, 0.25) is 0 Å². The van der Waals surface area contributed by atoms with Crippen LogP contribution in [0, 0.1) is 0 Å². The molecular formula is C23H24N2O5. The molecule has 1 aliphatic carbocycles. The highest BCUT2D eigenvalue weighted by Gasteiger charge is 2.33. The van der Waals surface area contributed by atoms with Crippen molar-refractivity contribution in [3.05, 3.63) is 69.7 Å². The number of pyridine rings is 1. The van der Waals surface area contributed by atoms with Crippen LogP contribution >= 0.6 is 0 Å². The van der Waals surface area contributed by atoms with E-state index in [1.165, 1.54) is 10.1 Å². The van der Waals surface area contributed by atoms with E-state index in [-0.39, 0.29) is 17.5 Å². The maximum absolute atomic E-state index is 12.8. The Morgan fingerprint density at radius 1 is 1.03 bits per heavy atom. The molecule has 2 aliphatic rings. The van der Waals surface area contributed by atoms with Gasteiger partial charge in [0.15, 0.2) is 5.75 Å². The number of esters is 2. The fourth-order valence-corrected chi connectivity index (χ4v) is 4.10. The van der Waals surface area contributed by atoms with Gasteiger partial charge in [-0.2, -0.15) is 0 Å². The number of benzene rings is 1. The third kappa shape index (κ3) is 4.07. The molecular weight excluding hydrogens is 384 g/mol. The summed E-state index contributed by atoms with van der Waals surface area (Å²) in [5, 5.41) is 3.54. The molecule has 7 heteroatoms. The molecule has 1 aromatic heterocycles. The number of nitrogens with one attached hydrogen (secondary N) is 1. The van der Waals surface area contributed by atoms with Crippen LogP contribution in [-0.2, 0) is 29.5 Å². The maximum atomic E-state index is 12.8. The molecule has 2 heterocycles. The van der Waals surface area contributed by atoms with E-state index >= 15 is 0 Å². The van der Waals surface area contributed by atoms with E-state index in [0.717, 1.165) is 55.6 Å². The van der Waals surface area contributed by atoms with Crippen molar-refractivity contribution in [2.24, 2.45) is 7.05 Å². The van der Waals surface area contributed by atoms with Crippen molar-refractivity contribution in [1.29, 1.82) is 0 Å². The summed E-state index contributed by atoms with van der Waals surface area (Å²) in [6, 6.07) is 10.2. The van der Waals surface area contributed by atoms with E-state index < -0.39 is 17.5 Å². The molecule has 0 radical (unpaired) electrons. The summed E-state index contributed by atoms with van der Waals surface area (Å²) < 4.78 is 12.2. The standard InChI is InChI=1S/C23H24N2O5/c1-25-17-11-5-10-16(24-14-6-9-15-7-3-2-4-8-15)20(17)21-22(23(25)28)30-19(27)13-12-18(26)29-21/h2-4,7-8,12-13,16,24H,5-6,9-11,14H2,1H3/b13-12+. The lowest BCUT2D eigenvalue weighted by Gasteiger charge is -2.30. The molecule has 30 heavy (non-hydrogen) atoms. The molecule has 1 aromatic carbocycles. The van der Waals surface area contributed by atoms with Crippen LogP contribution in [-0.4, -0.2) is 23.1 Å². The Bertz CT molecular complexity index is 1060. The third-order valence-electron chi connectivity index (χ3n) is 5.56. The Balaban J connectivity index is 1.61. The second-order valence-corrected chi connectivity index (χ2v) is 7.55. The molecule has 1 atom stereocenters. The van der Waals surface area contributed by atoms with Crippen LogP contribution in [0.1, 0.15) is 42.1 Å². The van der Waals surface area contributed by atoms with Crippen molar-refractivity contribution in [3.8, 4) is 11.5 Å². The Kier molecular flexibility index (Phi) is 5.81. The number of hydrogen-bond donors (Lipinski definition) is 1. The highest BCUT2D eigenvalue weighted by atomic mass is 16.6. The average molecular weight is 408 g/mol. The second-order valence-electron chi connectivity index (χ2n) is 7.55. The second kappa shape index (κ2) is 8.67. The van der Waals surface area contributed by atoms with Crippen LogP contribution in [0.25, 0.3) is 0 Å². The third-order valence-corrected chi connectivity index (χ3v) is 5.56. The lowest BCUT2D eigenvalue weighted by molar-refractivity contribution is -0.133. The van der Waals surface area contributed by atoms with Crippen LogP contribution in [0.3, 0.4) is 0 Å². The quantitative estimate of drug-likeness (QED) is 0.604. The summed E-state index contributed by atoms with van der Waals surface area (Å²) in [4.78, 5) is 36.8. The number of carbonyl (C=O) groups excluding carboxylic acids is 2. The van der Waals surface area contributed by atoms with Gasteiger partial charge in [-0.25, -0.2) is 9.59 Å². The molecule has 1 unspecified atom stereocenters.